The predicted octanol–water partition coefficient (Wildman–Crippen LogP) is 2.09. The maximum absolute atomic E-state index is 11.8. The summed E-state index contributed by atoms with van der Waals surface area (Å²) in [5.74, 6) is -0.274. The molecule has 122 valence electrons. The van der Waals surface area contributed by atoms with Gasteiger partial charge in [-0.3, -0.25) is 10.1 Å². The van der Waals surface area contributed by atoms with Crippen molar-refractivity contribution in [3.05, 3.63) is 34.3 Å². The number of carbonyl (C=O) groups excluding carboxylic acids is 2. The summed E-state index contributed by atoms with van der Waals surface area (Å²) in [7, 11) is 0. The Bertz CT molecular complexity index is 477. The Balaban J connectivity index is 2.37. The standard InChI is InChI=1S/C16H24BrN3O2/c1-3-5-10-18-16(22)20-15(21)11-19-14(4-2)12-6-8-13(17)9-7-12/h6-9,14,19H,3-5,10-11H2,1-2H3,(H2,18,20,21,22)/p+1/t14-/m0/s1. The summed E-state index contributed by atoms with van der Waals surface area (Å²) in [5.41, 5.74) is 1.17. The van der Waals surface area contributed by atoms with Crippen LogP contribution in [-0.2, 0) is 4.79 Å². The van der Waals surface area contributed by atoms with E-state index in [0.29, 0.717) is 6.54 Å². The van der Waals surface area contributed by atoms with E-state index in [4.69, 9.17) is 0 Å². The van der Waals surface area contributed by atoms with E-state index >= 15 is 0 Å². The first-order chi connectivity index (χ1) is 10.6. The Morgan fingerprint density at radius 3 is 2.50 bits per heavy atom. The Morgan fingerprint density at radius 1 is 1.23 bits per heavy atom. The average Bonchev–Trinajstić information content (AvgIpc) is 2.49. The molecule has 0 fully saturated rings. The van der Waals surface area contributed by atoms with Gasteiger partial charge in [-0.1, -0.05) is 48.3 Å². The van der Waals surface area contributed by atoms with Crippen molar-refractivity contribution in [1.29, 1.82) is 0 Å². The molecule has 0 aliphatic rings. The molecule has 1 aromatic carbocycles. The van der Waals surface area contributed by atoms with Crippen LogP contribution in [0, 0.1) is 0 Å². The quantitative estimate of drug-likeness (QED) is 0.612. The van der Waals surface area contributed by atoms with Crippen LogP contribution in [0.3, 0.4) is 0 Å². The largest absolute Gasteiger partial charge is 0.338 e. The van der Waals surface area contributed by atoms with Crippen molar-refractivity contribution in [2.75, 3.05) is 13.1 Å². The first kappa shape index (κ1) is 18.6. The van der Waals surface area contributed by atoms with E-state index in [1.807, 2.05) is 36.5 Å². The number of hydrogen-bond acceptors (Lipinski definition) is 2. The minimum Gasteiger partial charge on any atom is -0.338 e. The van der Waals surface area contributed by atoms with Gasteiger partial charge in [0.15, 0.2) is 6.54 Å². The smallest absolute Gasteiger partial charge is 0.321 e. The summed E-state index contributed by atoms with van der Waals surface area (Å²) in [6.45, 7) is 4.96. The summed E-state index contributed by atoms with van der Waals surface area (Å²) in [6.07, 6.45) is 2.83. The topological polar surface area (TPSA) is 74.8 Å². The zero-order valence-corrected chi connectivity index (χ0v) is 14.8. The number of benzene rings is 1. The second-order valence-electron chi connectivity index (χ2n) is 5.16. The van der Waals surface area contributed by atoms with Crippen LogP contribution in [0.15, 0.2) is 28.7 Å². The fraction of sp³-hybridized carbons (Fsp3) is 0.500. The van der Waals surface area contributed by atoms with E-state index in [2.05, 4.69) is 33.5 Å². The van der Waals surface area contributed by atoms with E-state index in [1.165, 1.54) is 5.56 Å². The third kappa shape index (κ3) is 7.04. The Labute approximate surface area is 140 Å². The van der Waals surface area contributed by atoms with Crippen LogP contribution in [0.1, 0.15) is 44.7 Å². The number of hydrogen-bond donors (Lipinski definition) is 3. The number of carbonyl (C=O) groups is 2. The number of halogens is 1. The summed E-state index contributed by atoms with van der Waals surface area (Å²) in [4.78, 5) is 23.3. The molecular formula is C16H25BrN3O2+. The molecule has 0 saturated carbocycles. The highest BCUT2D eigenvalue weighted by Gasteiger charge is 2.15. The summed E-state index contributed by atoms with van der Waals surface area (Å²) < 4.78 is 1.03. The summed E-state index contributed by atoms with van der Waals surface area (Å²) in [5, 5.41) is 6.97. The van der Waals surface area contributed by atoms with Gasteiger partial charge in [-0.15, -0.1) is 0 Å². The van der Waals surface area contributed by atoms with Gasteiger partial charge in [-0.2, -0.15) is 0 Å². The maximum Gasteiger partial charge on any atom is 0.321 e. The highest BCUT2D eigenvalue weighted by atomic mass is 79.9. The SMILES string of the molecule is CCCCNC(=O)NC(=O)C[NH2+][C@@H](CC)c1ccc(Br)cc1. The predicted molar refractivity (Wildman–Crippen MR) is 90.4 cm³/mol. The van der Waals surface area contributed by atoms with Crippen molar-refractivity contribution >= 4 is 27.9 Å². The van der Waals surface area contributed by atoms with Crippen LogP contribution in [-0.4, -0.2) is 25.0 Å². The molecule has 4 N–H and O–H groups in total. The lowest BCUT2D eigenvalue weighted by atomic mass is 10.0. The number of nitrogens with two attached hydrogens (primary N) is 1. The van der Waals surface area contributed by atoms with E-state index in [0.717, 1.165) is 23.7 Å². The average molecular weight is 371 g/mol. The van der Waals surface area contributed by atoms with Crippen LogP contribution in [0.4, 0.5) is 4.79 Å². The highest BCUT2D eigenvalue weighted by molar-refractivity contribution is 9.10. The second-order valence-corrected chi connectivity index (χ2v) is 6.08. The number of unbranched alkanes of at least 4 members (excludes halogenated alkanes) is 1. The van der Waals surface area contributed by atoms with Gasteiger partial charge in [0.25, 0.3) is 5.91 Å². The zero-order chi connectivity index (χ0) is 16.4. The van der Waals surface area contributed by atoms with E-state index in [1.54, 1.807) is 0 Å². The fourth-order valence-electron chi connectivity index (χ4n) is 2.10. The van der Waals surface area contributed by atoms with Crippen molar-refractivity contribution in [3.63, 3.8) is 0 Å². The molecule has 0 radical (unpaired) electrons. The molecule has 0 bridgehead atoms. The van der Waals surface area contributed by atoms with Gasteiger partial charge in [0.1, 0.15) is 6.04 Å². The van der Waals surface area contributed by atoms with Crippen LogP contribution in [0.25, 0.3) is 0 Å². The van der Waals surface area contributed by atoms with Crippen LogP contribution in [0.2, 0.25) is 0 Å². The maximum atomic E-state index is 11.8. The molecule has 0 unspecified atom stereocenters. The third-order valence-corrected chi connectivity index (χ3v) is 3.92. The molecule has 22 heavy (non-hydrogen) atoms. The molecule has 0 aliphatic carbocycles. The van der Waals surface area contributed by atoms with Gasteiger partial charge in [-0.05, 0) is 18.6 Å². The molecule has 5 nitrogen and oxygen atoms in total. The van der Waals surface area contributed by atoms with Gasteiger partial charge in [0.2, 0.25) is 0 Å². The Morgan fingerprint density at radius 2 is 1.91 bits per heavy atom. The lowest BCUT2D eigenvalue weighted by Crippen LogP contribution is -2.87. The van der Waals surface area contributed by atoms with E-state index in [-0.39, 0.29) is 18.5 Å². The van der Waals surface area contributed by atoms with Gasteiger partial charge in [-0.25, -0.2) is 4.79 Å². The van der Waals surface area contributed by atoms with Crippen molar-refractivity contribution in [1.82, 2.24) is 10.6 Å². The first-order valence-electron chi connectivity index (χ1n) is 7.73. The molecule has 0 aliphatic heterocycles. The van der Waals surface area contributed by atoms with Crippen molar-refractivity contribution in [2.24, 2.45) is 0 Å². The molecule has 1 atom stereocenters. The number of quaternary nitrogens is 1. The number of urea groups is 1. The van der Waals surface area contributed by atoms with Crippen LogP contribution >= 0.6 is 15.9 Å². The van der Waals surface area contributed by atoms with Gasteiger partial charge in [0.05, 0.1) is 0 Å². The molecule has 0 heterocycles. The van der Waals surface area contributed by atoms with Crippen molar-refractivity contribution < 1.29 is 14.9 Å². The minimum absolute atomic E-state index is 0.210. The normalized spacial score (nSPS) is 11.8. The minimum atomic E-state index is -0.413. The lowest BCUT2D eigenvalue weighted by Gasteiger charge is -2.14. The Hall–Kier alpha value is -1.40. The van der Waals surface area contributed by atoms with Crippen molar-refractivity contribution in [3.8, 4) is 0 Å². The molecule has 0 spiro atoms. The summed E-state index contributed by atoms with van der Waals surface area (Å²) in [6, 6.07) is 7.87. The van der Waals surface area contributed by atoms with Gasteiger partial charge in [0, 0.05) is 23.0 Å². The zero-order valence-electron chi connectivity index (χ0n) is 13.2. The van der Waals surface area contributed by atoms with Gasteiger partial charge < -0.3 is 10.6 Å². The number of rotatable bonds is 8. The fourth-order valence-corrected chi connectivity index (χ4v) is 2.36. The number of nitrogens with one attached hydrogen (secondary N) is 2. The lowest BCUT2D eigenvalue weighted by molar-refractivity contribution is -0.686. The molecule has 6 heteroatoms. The molecule has 0 saturated heterocycles. The molecule has 1 rings (SSSR count). The third-order valence-electron chi connectivity index (χ3n) is 3.39. The highest BCUT2D eigenvalue weighted by Crippen LogP contribution is 2.16. The van der Waals surface area contributed by atoms with E-state index < -0.39 is 6.03 Å². The summed E-state index contributed by atoms with van der Waals surface area (Å²) >= 11 is 3.41. The van der Waals surface area contributed by atoms with Crippen LogP contribution in [0.5, 0.6) is 0 Å². The molecular weight excluding hydrogens is 346 g/mol. The van der Waals surface area contributed by atoms with E-state index in [9.17, 15) is 9.59 Å². The second kappa shape index (κ2) is 10.3. The monoisotopic (exact) mass is 370 g/mol. The van der Waals surface area contributed by atoms with Gasteiger partial charge >= 0.3 is 6.03 Å². The molecule has 1 aromatic rings. The Kier molecular flexibility index (Phi) is 8.77. The number of imide groups is 1. The number of amides is 3. The molecule has 3 amide bonds. The van der Waals surface area contributed by atoms with Crippen molar-refractivity contribution in [2.45, 2.75) is 39.2 Å². The van der Waals surface area contributed by atoms with Crippen LogP contribution < -0.4 is 16.0 Å². The molecule has 0 aromatic heterocycles. The first-order valence-corrected chi connectivity index (χ1v) is 8.52.